The van der Waals surface area contributed by atoms with Crippen molar-refractivity contribution in [3.8, 4) is 0 Å². The Morgan fingerprint density at radius 2 is 1.83 bits per heavy atom. The molecule has 1 aromatic rings. The van der Waals surface area contributed by atoms with Crippen molar-refractivity contribution in [1.29, 1.82) is 0 Å². The highest BCUT2D eigenvalue weighted by Crippen LogP contribution is 2.26. The van der Waals surface area contributed by atoms with Crippen LogP contribution in [0.1, 0.15) is 42.5 Å². The van der Waals surface area contributed by atoms with Gasteiger partial charge in [-0.2, -0.15) is 0 Å². The lowest BCUT2D eigenvalue weighted by atomic mass is 9.85. The van der Waals surface area contributed by atoms with Crippen molar-refractivity contribution < 1.29 is 4.79 Å². The van der Waals surface area contributed by atoms with Crippen LogP contribution in [0.5, 0.6) is 0 Å². The molecular formula is C15H20N2O. The fourth-order valence-electron chi connectivity index (χ4n) is 2.19. The van der Waals surface area contributed by atoms with Crippen molar-refractivity contribution in [3.63, 3.8) is 0 Å². The Morgan fingerprint density at radius 3 is 2.39 bits per heavy atom. The molecule has 0 heterocycles. The van der Waals surface area contributed by atoms with Gasteiger partial charge in [0.1, 0.15) is 0 Å². The lowest BCUT2D eigenvalue weighted by Gasteiger charge is -2.25. The third-order valence-electron chi connectivity index (χ3n) is 3.88. The lowest BCUT2D eigenvalue weighted by Crippen LogP contribution is -2.25. The van der Waals surface area contributed by atoms with Crippen LogP contribution in [-0.4, -0.2) is 18.5 Å². The first-order valence-electron chi connectivity index (χ1n) is 6.96. The first-order valence-corrected chi connectivity index (χ1v) is 6.96. The summed E-state index contributed by atoms with van der Waals surface area (Å²) in [6, 6.07) is 8.23. The molecule has 0 aromatic heterocycles. The molecule has 2 fully saturated rings. The fraction of sp³-hybridized carbons (Fsp3) is 0.533. The van der Waals surface area contributed by atoms with Gasteiger partial charge < -0.3 is 10.6 Å². The maximum Gasteiger partial charge on any atom is 0.251 e. The zero-order chi connectivity index (χ0) is 12.4. The average Bonchev–Trinajstić information content (AvgIpc) is 3.12. The highest BCUT2D eigenvalue weighted by molar-refractivity contribution is 5.94. The Kier molecular flexibility index (Phi) is 3.22. The molecule has 0 aliphatic heterocycles. The molecule has 0 bridgehead atoms. The van der Waals surface area contributed by atoms with Gasteiger partial charge in [-0.05, 0) is 55.9 Å². The molecule has 2 saturated carbocycles. The summed E-state index contributed by atoms with van der Waals surface area (Å²) in [5, 5.41) is 6.43. The Hall–Kier alpha value is -1.51. The number of benzene rings is 1. The summed E-state index contributed by atoms with van der Waals surface area (Å²) in [5.41, 5.74) is 1.88. The summed E-state index contributed by atoms with van der Waals surface area (Å²) >= 11 is 0. The lowest BCUT2D eigenvalue weighted by molar-refractivity contribution is 0.0951. The Balaban J connectivity index is 1.52. The molecule has 3 rings (SSSR count). The van der Waals surface area contributed by atoms with Crippen LogP contribution in [0.4, 0.5) is 5.69 Å². The van der Waals surface area contributed by atoms with Crippen LogP contribution in [0.25, 0.3) is 0 Å². The molecule has 0 saturated heterocycles. The fourth-order valence-corrected chi connectivity index (χ4v) is 2.19. The largest absolute Gasteiger partial charge is 0.385 e. The standard InChI is InChI=1S/C15H20N2O/c18-15(17-14-8-9-14)12-4-6-13(7-5-12)16-10-11-2-1-3-11/h4-7,11,14,16H,1-3,8-10H2,(H,17,18). The molecule has 2 N–H and O–H groups in total. The molecule has 0 radical (unpaired) electrons. The van der Waals surface area contributed by atoms with E-state index in [9.17, 15) is 4.79 Å². The molecule has 2 aliphatic rings. The zero-order valence-electron chi connectivity index (χ0n) is 10.6. The summed E-state index contributed by atoms with van der Waals surface area (Å²) in [6.07, 6.45) is 6.36. The number of hydrogen-bond donors (Lipinski definition) is 2. The summed E-state index contributed by atoms with van der Waals surface area (Å²) < 4.78 is 0. The second kappa shape index (κ2) is 5.01. The second-order valence-electron chi connectivity index (χ2n) is 5.50. The number of anilines is 1. The third kappa shape index (κ3) is 2.84. The first-order chi connectivity index (χ1) is 8.81. The van der Waals surface area contributed by atoms with Gasteiger partial charge in [0.05, 0.1) is 0 Å². The zero-order valence-corrected chi connectivity index (χ0v) is 10.6. The van der Waals surface area contributed by atoms with E-state index in [-0.39, 0.29) is 5.91 Å². The van der Waals surface area contributed by atoms with E-state index in [1.165, 1.54) is 19.3 Å². The second-order valence-corrected chi connectivity index (χ2v) is 5.50. The van der Waals surface area contributed by atoms with Gasteiger partial charge in [0.25, 0.3) is 5.91 Å². The van der Waals surface area contributed by atoms with E-state index in [0.29, 0.717) is 6.04 Å². The normalized spacial score (nSPS) is 19.1. The Morgan fingerprint density at radius 1 is 1.11 bits per heavy atom. The third-order valence-corrected chi connectivity index (χ3v) is 3.88. The molecule has 1 amide bonds. The molecule has 3 heteroatoms. The van der Waals surface area contributed by atoms with Gasteiger partial charge in [0, 0.05) is 23.8 Å². The van der Waals surface area contributed by atoms with E-state index in [1.54, 1.807) is 0 Å². The van der Waals surface area contributed by atoms with Crippen LogP contribution < -0.4 is 10.6 Å². The number of hydrogen-bond acceptors (Lipinski definition) is 2. The number of nitrogens with one attached hydrogen (secondary N) is 2. The predicted molar refractivity (Wildman–Crippen MR) is 72.8 cm³/mol. The van der Waals surface area contributed by atoms with Crippen molar-refractivity contribution in [2.75, 3.05) is 11.9 Å². The molecule has 0 atom stereocenters. The summed E-state index contributed by atoms with van der Waals surface area (Å²) in [7, 11) is 0. The quantitative estimate of drug-likeness (QED) is 0.836. The van der Waals surface area contributed by atoms with Gasteiger partial charge >= 0.3 is 0 Å². The molecule has 1 aromatic carbocycles. The molecule has 2 aliphatic carbocycles. The van der Waals surface area contributed by atoms with Crippen LogP contribution in [0.3, 0.4) is 0 Å². The maximum atomic E-state index is 11.8. The minimum atomic E-state index is 0.0584. The monoisotopic (exact) mass is 244 g/mol. The number of rotatable bonds is 5. The van der Waals surface area contributed by atoms with Crippen LogP contribution in [0.15, 0.2) is 24.3 Å². The van der Waals surface area contributed by atoms with Crippen molar-refractivity contribution in [2.45, 2.75) is 38.1 Å². The van der Waals surface area contributed by atoms with Crippen molar-refractivity contribution >= 4 is 11.6 Å². The van der Waals surface area contributed by atoms with Crippen molar-refractivity contribution in [1.82, 2.24) is 5.32 Å². The van der Waals surface area contributed by atoms with Gasteiger partial charge in [-0.25, -0.2) is 0 Å². The van der Waals surface area contributed by atoms with Gasteiger partial charge in [-0.15, -0.1) is 0 Å². The van der Waals surface area contributed by atoms with Gasteiger partial charge in [-0.1, -0.05) is 6.42 Å². The smallest absolute Gasteiger partial charge is 0.251 e. The van der Waals surface area contributed by atoms with Crippen molar-refractivity contribution in [3.05, 3.63) is 29.8 Å². The number of amides is 1. The summed E-state index contributed by atoms with van der Waals surface area (Å²) in [5.74, 6) is 0.908. The Bertz CT molecular complexity index is 419. The number of carbonyl (C=O) groups excluding carboxylic acids is 1. The summed E-state index contributed by atoms with van der Waals surface area (Å²) in [6.45, 7) is 1.06. The van der Waals surface area contributed by atoms with E-state index in [1.807, 2.05) is 24.3 Å². The molecule has 0 unspecified atom stereocenters. The van der Waals surface area contributed by atoms with Crippen LogP contribution in [-0.2, 0) is 0 Å². The molecule has 96 valence electrons. The maximum absolute atomic E-state index is 11.8. The Labute approximate surface area is 108 Å². The van der Waals surface area contributed by atoms with Gasteiger partial charge in [-0.3, -0.25) is 4.79 Å². The highest BCUT2D eigenvalue weighted by Gasteiger charge is 2.23. The number of carbonyl (C=O) groups is 1. The SMILES string of the molecule is O=C(NC1CC1)c1ccc(NCC2CCC2)cc1. The van der Waals surface area contributed by atoms with Crippen LogP contribution in [0, 0.1) is 5.92 Å². The van der Waals surface area contributed by atoms with E-state index in [0.717, 1.165) is 36.6 Å². The average molecular weight is 244 g/mol. The topological polar surface area (TPSA) is 41.1 Å². The first kappa shape index (κ1) is 11.6. The minimum absolute atomic E-state index is 0.0584. The predicted octanol–water partition coefficient (Wildman–Crippen LogP) is 2.79. The summed E-state index contributed by atoms with van der Waals surface area (Å²) in [4.78, 5) is 11.8. The van der Waals surface area contributed by atoms with Gasteiger partial charge in [0.2, 0.25) is 0 Å². The van der Waals surface area contributed by atoms with E-state index in [2.05, 4.69) is 10.6 Å². The molecular weight excluding hydrogens is 224 g/mol. The van der Waals surface area contributed by atoms with Crippen molar-refractivity contribution in [2.24, 2.45) is 5.92 Å². The minimum Gasteiger partial charge on any atom is -0.385 e. The molecule has 18 heavy (non-hydrogen) atoms. The molecule has 0 spiro atoms. The molecule has 3 nitrogen and oxygen atoms in total. The van der Waals surface area contributed by atoms with E-state index in [4.69, 9.17) is 0 Å². The van der Waals surface area contributed by atoms with Gasteiger partial charge in [0.15, 0.2) is 0 Å². The van der Waals surface area contributed by atoms with Crippen LogP contribution >= 0.6 is 0 Å². The highest BCUT2D eigenvalue weighted by atomic mass is 16.1. The van der Waals surface area contributed by atoms with E-state index < -0.39 is 0 Å². The van der Waals surface area contributed by atoms with E-state index >= 15 is 0 Å². The van der Waals surface area contributed by atoms with Crippen LogP contribution in [0.2, 0.25) is 0 Å².